The third-order valence-electron chi connectivity index (χ3n) is 6.37. The summed E-state index contributed by atoms with van der Waals surface area (Å²) < 4.78 is 95.8. The van der Waals surface area contributed by atoms with Crippen molar-refractivity contribution in [2.45, 2.75) is 29.1 Å². The van der Waals surface area contributed by atoms with Crippen molar-refractivity contribution >= 4 is 135 Å². The molecule has 0 amide bonds. The predicted molar refractivity (Wildman–Crippen MR) is 248 cm³/mol. The molecule has 5 rings (SSSR count). The van der Waals surface area contributed by atoms with Crippen LogP contribution in [0.25, 0.3) is 17.1 Å². The predicted octanol–water partition coefficient (Wildman–Crippen LogP) is 6.30. The van der Waals surface area contributed by atoms with Crippen molar-refractivity contribution in [3.8, 4) is 17.1 Å². The van der Waals surface area contributed by atoms with Gasteiger partial charge >= 0.3 is 50.5 Å². The molecule has 0 aliphatic carbocycles. The van der Waals surface area contributed by atoms with Crippen LogP contribution in [0.4, 0.5) is 23.4 Å². The number of nitrogens with one attached hydrogen (secondary N) is 1. The molecular weight excluding hydrogens is 1470 g/mol. The fourth-order valence-corrected chi connectivity index (χ4v) is 4.98. The van der Waals surface area contributed by atoms with Crippen LogP contribution in [-0.4, -0.2) is 67.1 Å². The fourth-order valence-electron chi connectivity index (χ4n) is 3.86. The number of nitrogen functional groups attached to an aromatic ring is 1. The van der Waals surface area contributed by atoms with E-state index in [-0.39, 0.29) is 50.8 Å². The van der Waals surface area contributed by atoms with Gasteiger partial charge in [0.05, 0.1) is 21.9 Å². The molecule has 0 aliphatic heterocycles. The SMILES string of the molecule is CS(=O)(=O)c1ccc(-n2nc(C(F)F)cc2-c2ccccc2)nc1.CS(=O)(=O)c1ccc(NN)nc1.I.II.I[I-]I.O=C(CC(=O)C(F)F)c1ccccc1. The number of hydrazine groups is 1. The van der Waals surface area contributed by atoms with Gasteiger partial charge in [-0.15, -0.1) is 24.0 Å². The Hall–Kier alpha value is -0.950. The summed E-state index contributed by atoms with van der Waals surface area (Å²) in [7, 11) is -6.54. The fraction of sp³-hybridized carbons (Fsp3) is 0.156. The molecule has 0 radical (unpaired) electrons. The Bertz CT molecular complexity index is 2150. The van der Waals surface area contributed by atoms with E-state index in [0.717, 1.165) is 12.5 Å². The van der Waals surface area contributed by atoms with E-state index >= 15 is 0 Å². The van der Waals surface area contributed by atoms with E-state index < -0.39 is 50.5 Å². The normalized spacial score (nSPS) is 10.5. The molecule has 3 heterocycles. The molecule has 308 valence electrons. The first kappa shape index (κ1) is 55.0. The quantitative estimate of drug-likeness (QED) is 0.0400. The number of carbonyl (C=O) groups excluding carboxylic acids is 2. The summed E-state index contributed by atoms with van der Waals surface area (Å²) in [6.45, 7) is 0. The van der Waals surface area contributed by atoms with E-state index in [1.54, 1.807) is 42.5 Å². The van der Waals surface area contributed by atoms with E-state index in [2.05, 4.69) is 95.0 Å². The van der Waals surface area contributed by atoms with Crippen LogP contribution in [-0.2, 0) is 24.5 Å². The number of nitrogens with zero attached hydrogens (tertiary/aromatic N) is 4. The van der Waals surface area contributed by atoms with Gasteiger partial charge < -0.3 is 5.43 Å². The Morgan fingerprint density at radius 1 is 0.804 bits per heavy atom. The van der Waals surface area contributed by atoms with Gasteiger partial charge in [-0.25, -0.2) is 54.9 Å². The summed E-state index contributed by atoms with van der Waals surface area (Å²) >= 11 is 9.54. The zero-order valence-corrected chi connectivity index (χ0v) is 43.4. The average molecular weight is 1500 g/mol. The molecular formula is C32H31F4I6N6O6S2-. The average Bonchev–Trinajstić information content (AvgIpc) is 3.63. The summed E-state index contributed by atoms with van der Waals surface area (Å²) in [5.74, 6) is 3.83. The van der Waals surface area contributed by atoms with E-state index in [1.807, 2.05) is 6.07 Å². The summed E-state index contributed by atoms with van der Waals surface area (Å²) in [5, 5.41) is 3.90. The molecule has 0 unspecified atom stereocenters. The molecule has 12 nitrogen and oxygen atoms in total. The van der Waals surface area contributed by atoms with Crippen LogP contribution >= 0.6 is 98.4 Å². The van der Waals surface area contributed by atoms with Crippen molar-refractivity contribution in [3.63, 3.8) is 0 Å². The van der Waals surface area contributed by atoms with Crippen LogP contribution in [0, 0.1) is 0 Å². The number of hydrogen-bond donors (Lipinski definition) is 2. The molecule has 0 saturated carbocycles. The van der Waals surface area contributed by atoms with Crippen LogP contribution in [0.2, 0.25) is 0 Å². The molecule has 0 fully saturated rings. The molecule has 5 aromatic rings. The Morgan fingerprint density at radius 3 is 1.68 bits per heavy atom. The van der Waals surface area contributed by atoms with Gasteiger partial charge in [-0.3, -0.25) is 9.59 Å². The van der Waals surface area contributed by atoms with Gasteiger partial charge in [0.2, 0.25) is 5.78 Å². The van der Waals surface area contributed by atoms with E-state index in [9.17, 15) is 44.0 Å². The number of sulfone groups is 2. The first-order valence-corrected chi connectivity index (χ1v) is 37.2. The molecule has 0 aliphatic rings. The zero-order valence-electron chi connectivity index (χ0n) is 28.6. The van der Waals surface area contributed by atoms with Crippen LogP contribution in [0.15, 0.2) is 113 Å². The second kappa shape index (κ2) is 28.5. The van der Waals surface area contributed by atoms with Gasteiger partial charge in [0.15, 0.2) is 31.3 Å². The first-order valence-electron chi connectivity index (χ1n) is 14.6. The second-order valence-corrected chi connectivity index (χ2v) is 30.5. The van der Waals surface area contributed by atoms with Gasteiger partial charge in [-0.05, 0) is 30.3 Å². The van der Waals surface area contributed by atoms with Crippen LogP contribution in [0.3, 0.4) is 0 Å². The maximum atomic E-state index is 13.0. The van der Waals surface area contributed by atoms with Crippen molar-refractivity contribution in [2.24, 2.45) is 5.84 Å². The number of benzene rings is 2. The van der Waals surface area contributed by atoms with Crippen LogP contribution in [0.5, 0.6) is 0 Å². The summed E-state index contributed by atoms with van der Waals surface area (Å²) in [6, 6.07) is 23.9. The van der Waals surface area contributed by atoms with Gasteiger partial charge in [-0.1, -0.05) is 60.7 Å². The molecule has 0 spiro atoms. The van der Waals surface area contributed by atoms with Gasteiger partial charge in [0, 0.05) is 73.3 Å². The van der Waals surface area contributed by atoms with E-state index in [4.69, 9.17) is 5.84 Å². The van der Waals surface area contributed by atoms with Crippen molar-refractivity contribution in [2.75, 3.05) is 17.9 Å². The minimum absolute atomic E-state index is 0. The third-order valence-corrected chi connectivity index (χ3v) is 8.57. The number of hydrogen-bond acceptors (Lipinski definition) is 11. The van der Waals surface area contributed by atoms with E-state index in [1.165, 1.54) is 59.5 Å². The van der Waals surface area contributed by atoms with Gasteiger partial charge in [-0.2, -0.15) is 5.10 Å². The van der Waals surface area contributed by atoms with Crippen LogP contribution < -0.4 is 24.5 Å². The number of halogens is 10. The molecule has 0 bridgehead atoms. The maximum absolute atomic E-state index is 13.0. The third kappa shape index (κ3) is 19.9. The number of pyridine rings is 2. The number of ketones is 2. The van der Waals surface area contributed by atoms with Crippen molar-refractivity contribution in [1.29, 1.82) is 0 Å². The van der Waals surface area contributed by atoms with Crippen LogP contribution in [0.1, 0.15) is 28.9 Å². The molecule has 0 saturated heterocycles. The van der Waals surface area contributed by atoms with Crippen molar-refractivity contribution in [3.05, 3.63) is 115 Å². The Morgan fingerprint density at radius 2 is 1.29 bits per heavy atom. The number of anilines is 1. The largest absolute Gasteiger partial charge is 0.296 e. The Balaban J connectivity index is 0.000000811. The standard InChI is InChI=1S/C16H13F2N3O2S.C10H8F2O2.C6H9N3O2S.I3.I2.HI/c1-24(22,23)12-7-8-15(19-10-12)21-14(9-13(20-21)16(17)18)11-5-3-2-4-6-11;11-10(12)9(14)6-8(13)7-4-2-1-3-5-7;1-12(10,11)5-2-3-6(9-7)8-4-5;1-3-2;1-2;/h2-10,16H,1H3;1-5,10H,6H2;2-4H,7H2,1H3,(H,8,9);;;1H/q;;;-1;;. The molecule has 2 aromatic carbocycles. The minimum Gasteiger partial charge on any atom is -0.294 e. The number of rotatable bonds is 10. The second-order valence-electron chi connectivity index (χ2n) is 10.2. The summed E-state index contributed by atoms with van der Waals surface area (Å²) in [4.78, 5) is 29.8. The number of carbonyl (C=O) groups is 2. The topological polar surface area (TPSA) is 184 Å². The van der Waals surface area contributed by atoms with E-state index in [0.29, 0.717) is 30.3 Å². The minimum atomic E-state index is -3.38. The number of aromatic nitrogens is 4. The summed E-state index contributed by atoms with van der Waals surface area (Å²) in [6.07, 6.45) is -1.89. The summed E-state index contributed by atoms with van der Waals surface area (Å²) in [5.41, 5.74) is 3.36. The monoisotopic (exact) mass is 1500 g/mol. The molecule has 3 aromatic heterocycles. The Kier molecular flexibility index (Phi) is 28.0. The van der Waals surface area contributed by atoms with Crippen molar-refractivity contribution in [1.82, 2.24) is 19.7 Å². The number of nitrogens with two attached hydrogens (primary N) is 1. The maximum Gasteiger partial charge on any atom is 0.296 e. The first-order chi connectivity index (χ1) is 25.9. The molecule has 24 heteroatoms. The zero-order chi connectivity index (χ0) is 41.8. The van der Waals surface area contributed by atoms with Crippen molar-refractivity contribution < 1.29 is 57.2 Å². The number of alkyl halides is 4. The smallest absolute Gasteiger partial charge is 0.294 e. The number of Topliss-reactive ketones (excluding diaryl/α,β-unsaturated/α-hetero) is 2. The molecule has 0 atom stereocenters. The molecule has 3 N–H and O–H groups in total. The molecule has 56 heavy (non-hydrogen) atoms. The van der Waals surface area contributed by atoms with Gasteiger partial charge in [0.1, 0.15) is 11.5 Å². The van der Waals surface area contributed by atoms with Gasteiger partial charge in [0.25, 0.3) is 12.9 Å². The Labute approximate surface area is 391 Å².